The zero-order chi connectivity index (χ0) is 24.8. The molecule has 0 aliphatic heterocycles. The molecule has 1 unspecified atom stereocenters. The number of ether oxygens (including phenoxy) is 3. The maximum Gasteiger partial charge on any atom is 0.251 e. The number of benzene rings is 2. The number of sulfonamides is 1. The highest BCUT2D eigenvalue weighted by atomic mass is 32.2. The molecule has 1 amide bonds. The second-order valence-corrected chi connectivity index (χ2v) is 10.2. The summed E-state index contributed by atoms with van der Waals surface area (Å²) >= 11 is 0. The van der Waals surface area contributed by atoms with Crippen molar-refractivity contribution in [3.63, 3.8) is 0 Å². The molecule has 2 aromatic carbocycles. The van der Waals surface area contributed by atoms with Gasteiger partial charge in [-0.15, -0.1) is 0 Å². The molecule has 0 aromatic heterocycles. The van der Waals surface area contributed by atoms with Gasteiger partial charge in [-0.3, -0.25) is 4.79 Å². The van der Waals surface area contributed by atoms with Crippen LogP contribution < -0.4 is 24.2 Å². The molecule has 33 heavy (non-hydrogen) atoms. The average Bonchev–Trinajstić information content (AvgIpc) is 2.74. The Morgan fingerprint density at radius 2 is 1.70 bits per heavy atom. The molecule has 10 heteroatoms. The number of carbonyl (C=O) groups excluding carboxylic acids is 1. The third kappa shape index (κ3) is 7.34. The van der Waals surface area contributed by atoms with Crippen molar-refractivity contribution >= 4 is 15.9 Å². The van der Waals surface area contributed by atoms with Crippen molar-refractivity contribution in [2.75, 3.05) is 27.4 Å². The summed E-state index contributed by atoms with van der Waals surface area (Å²) < 4.78 is 43.9. The topological polar surface area (TPSA) is 123 Å². The number of hydrogen-bond acceptors (Lipinski definition) is 7. The van der Waals surface area contributed by atoms with Crippen LogP contribution in [0.4, 0.5) is 0 Å². The lowest BCUT2D eigenvalue weighted by Crippen LogP contribution is -2.40. The molecule has 0 aliphatic carbocycles. The summed E-state index contributed by atoms with van der Waals surface area (Å²) in [5.41, 5.74) is 0.137. The molecule has 0 saturated heterocycles. The van der Waals surface area contributed by atoms with Gasteiger partial charge >= 0.3 is 0 Å². The predicted molar refractivity (Wildman–Crippen MR) is 125 cm³/mol. The van der Waals surface area contributed by atoms with E-state index in [0.717, 1.165) is 0 Å². The van der Waals surface area contributed by atoms with E-state index in [9.17, 15) is 18.3 Å². The Labute approximate surface area is 195 Å². The molecule has 0 spiro atoms. The zero-order valence-corrected chi connectivity index (χ0v) is 20.6. The molecule has 1 atom stereocenters. The van der Waals surface area contributed by atoms with E-state index >= 15 is 0 Å². The molecular formula is C23H32N2O7S. The van der Waals surface area contributed by atoms with Crippen LogP contribution in [0.5, 0.6) is 17.2 Å². The minimum Gasteiger partial charge on any atom is -0.493 e. The molecule has 9 nitrogen and oxygen atoms in total. The second kappa shape index (κ2) is 10.9. The van der Waals surface area contributed by atoms with Crippen LogP contribution in [0.2, 0.25) is 0 Å². The maximum absolute atomic E-state index is 12.7. The van der Waals surface area contributed by atoms with Gasteiger partial charge in [-0.1, -0.05) is 12.1 Å². The Morgan fingerprint density at radius 1 is 1.09 bits per heavy atom. The molecule has 2 aromatic rings. The Hall–Kier alpha value is -2.82. The number of aliphatic hydroxyl groups excluding tert-OH is 1. The van der Waals surface area contributed by atoms with Crippen LogP contribution in [0.25, 0.3) is 0 Å². The number of hydrogen-bond donors (Lipinski definition) is 3. The first-order chi connectivity index (χ1) is 15.4. The number of carbonyl (C=O) groups is 1. The summed E-state index contributed by atoms with van der Waals surface area (Å²) in [7, 11) is -0.814. The first kappa shape index (κ1) is 26.4. The summed E-state index contributed by atoms with van der Waals surface area (Å²) in [6.45, 7) is 6.67. The fourth-order valence-electron chi connectivity index (χ4n) is 2.98. The molecular weight excluding hydrogens is 448 g/mol. The van der Waals surface area contributed by atoms with E-state index in [2.05, 4.69) is 10.0 Å². The van der Waals surface area contributed by atoms with Crippen molar-refractivity contribution in [3.05, 3.63) is 47.5 Å². The Morgan fingerprint density at radius 3 is 2.24 bits per heavy atom. The third-order valence-electron chi connectivity index (χ3n) is 4.51. The van der Waals surface area contributed by atoms with Crippen LogP contribution in [0.1, 0.15) is 36.7 Å². The molecule has 0 saturated carbocycles. The van der Waals surface area contributed by atoms with E-state index in [1.165, 1.54) is 26.4 Å². The highest BCUT2D eigenvalue weighted by Gasteiger charge is 2.24. The lowest BCUT2D eigenvalue weighted by molar-refractivity contribution is 0.0833. The predicted octanol–water partition coefficient (Wildman–Crippen LogP) is 2.26. The van der Waals surface area contributed by atoms with Gasteiger partial charge in [-0.2, -0.15) is 0 Å². The molecule has 0 heterocycles. The smallest absolute Gasteiger partial charge is 0.251 e. The first-order valence-electron chi connectivity index (χ1n) is 10.3. The molecule has 0 fully saturated rings. The van der Waals surface area contributed by atoms with Gasteiger partial charge in [0.25, 0.3) is 5.91 Å². The van der Waals surface area contributed by atoms with Gasteiger partial charge in [-0.25, -0.2) is 13.1 Å². The van der Waals surface area contributed by atoms with Gasteiger partial charge in [0.2, 0.25) is 15.8 Å². The molecule has 0 radical (unpaired) electrons. The fourth-order valence-corrected chi connectivity index (χ4v) is 4.42. The van der Waals surface area contributed by atoms with E-state index in [0.29, 0.717) is 22.8 Å². The van der Waals surface area contributed by atoms with Crippen molar-refractivity contribution in [2.24, 2.45) is 0 Å². The molecule has 3 N–H and O–H groups in total. The summed E-state index contributed by atoms with van der Waals surface area (Å²) in [5.74, 6) is 0.730. The lowest BCUT2D eigenvalue weighted by Gasteiger charge is -2.21. The van der Waals surface area contributed by atoms with E-state index in [1.54, 1.807) is 52.0 Å². The largest absolute Gasteiger partial charge is 0.493 e. The van der Waals surface area contributed by atoms with Gasteiger partial charge in [0, 0.05) is 17.6 Å². The van der Waals surface area contributed by atoms with Crippen LogP contribution in [0, 0.1) is 6.92 Å². The number of aryl methyl sites for hydroxylation is 1. The van der Waals surface area contributed by atoms with E-state index in [4.69, 9.17) is 14.2 Å². The number of nitrogens with one attached hydrogen (secondary N) is 2. The minimum atomic E-state index is -3.80. The number of rotatable bonds is 10. The van der Waals surface area contributed by atoms with E-state index in [1.807, 2.05) is 0 Å². The van der Waals surface area contributed by atoms with E-state index < -0.39 is 27.6 Å². The minimum absolute atomic E-state index is 0.0136. The number of methoxy groups -OCH3 is 2. The quantitative estimate of drug-likeness (QED) is 0.477. The summed E-state index contributed by atoms with van der Waals surface area (Å²) in [6.07, 6.45) is -1.03. The summed E-state index contributed by atoms with van der Waals surface area (Å²) in [6, 6.07) is 9.48. The van der Waals surface area contributed by atoms with Crippen LogP contribution in [-0.2, 0) is 10.0 Å². The summed E-state index contributed by atoms with van der Waals surface area (Å²) in [5, 5.41) is 12.9. The van der Waals surface area contributed by atoms with Crippen molar-refractivity contribution in [3.8, 4) is 17.2 Å². The Bertz CT molecular complexity index is 1060. The molecule has 182 valence electrons. The van der Waals surface area contributed by atoms with Gasteiger partial charge in [0.05, 0.1) is 19.1 Å². The van der Waals surface area contributed by atoms with Crippen molar-refractivity contribution in [1.29, 1.82) is 0 Å². The highest BCUT2D eigenvalue weighted by Crippen LogP contribution is 2.36. The highest BCUT2D eigenvalue weighted by molar-refractivity contribution is 7.89. The SMILES string of the molecule is COc1cccc(OC)c1OCC(O)CNC(=O)c1cc(S(=O)(=O)NC(C)(C)C)ccc1C. The monoisotopic (exact) mass is 480 g/mol. The number of para-hydroxylation sites is 1. The maximum atomic E-state index is 12.7. The van der Waals surface area contributed by atoms with Crippen molar-refractivity contribution in [1.82, 2.24) is 10.0 Å². The van der Waals surface area contributed by atoms with Crippen molar-refractivity contribution in [2.45, 2.75) is 44.2 Å². The Balaban J connectivity index is 2.05. The van der Waals surface area contributed by atoms with Crippen LogP contribution in [0.3, 0.4) is 0 Å². The van der Waals surface area contributed by atoms with Gasteiger partial charge in [0.15, 0.2) is 11.5 Å². The molecule has 0 bridgehead atoms. The van der Waals surface area contributed by atoms with Crippen LogP contribution >= 0.6 is 0 Å². The molecule has 2 rings (SSSR count). The average molecular weight is 481 g/mol. The van der Waals surface area contributed by atoms with Crippen LogP contribution in [0.15, 0.2) is 41.3 Å². The standard InChI is InChI=1S/C23H32N2O7S/c1-15-10-11-17(33(28,29)25-23(2,3)4)12-18(15)22(27)24-13-16(26)14-32-21-19(30-5)8-7-9-20(21)31-6/h7-12,16,25-26H,13-14H2,1-6H3,(H,24,27). The van der Waals surface area contributed by atoms with Gasteiger partial charge in [-0.05, 0) is 57.5 Å². The lowest BCUT2D eigenvalue weighted by atomic mass is 10.1. The first-order valence-corrected chi connectivity index (χ1v) is 11.8. The van der Waals surface area contributed by atoms with E-state index in [-0.39, 0.29) is 23.6 Å². The van der Waals surface area contributed by atoms with Crippen LogP contribution in [-0.4, -0.2) is 58.4 Å². The fraction of sp³-hybridized carbons (Fsp3) is 0.435. The van der Waals surface area contributed by atoms with Gasteiger partial charge < -0.3 is 24.6 Å². The third-order valence-corrected chi connectivity index (χ3v) is 6.26. The second-order valence-electron chi connectivity index (χ2n) is 8.50. The number of amides is 1. The zero-order valence-electron chi connectivity index (χ0n) is 19.8. The van der Waals surface area contributed by atoms with Gasteiger partial charge in [0.1, 0.15) is 12.7 Å². The molecule has 0 aliphatic rings. The normalized spacial score (nSPS) is 12.7. The Kier molecular flexibility index (Phi) is 8.70. The number of aliphatic hydroxyl groups is 1. The van der Waals surface area contributed by atoms with Crippen molar-refractivity contribution < 1.29 is 32.5 Å². The summed E-state index contributed by atoms with van der Waals surface area (Å²) in [4.78, 5) is 12.7.